The van der Waals surface area contributed by atoms with Crippen molar-refractivity contribution in [2.24, 2.45) is 0 Å². The number of likely N-dealkylation sites (tertiary alicyclic amines) is 1. The van der Waals surface area contributed by atoms with Crippen LogP contribution in [0.2, 0.25) is 0 Å². The van der Waals surface area contributed by atoms with Crippen LogP contribution in [0.25, 0.3) is 0 Å². The Balaban J connectivity index is 1.59. The van der Waals surface area contributed by atoms with E-state index in [1.807, 2.05) is 13.0 Å². The lowest BCUT2D eigenvalue weighted by molar-refractivity contribution is 0.0894. The van der Waals surface area contributed by atoms with Crippen molar-refractivity contribution in [1.29, 1.82) is 0 Å². The number of hydrogen-bond acceptors (Lipinski definition) is 4. The molecule has 1 fully saturated rings. The minimum atomic E-state index is -0.196. The average Bonchev–Trinajstić information content (AvgIpc) is 3.06. The molecule has 1 atom stereocenters. The number of nitrogens with one attached hydrogen (secondary N) is 1. The van der Waals surface area contributed by atoms with Crippen LogP contribution in [0, 0.1) is 5.82 Å². The number of aromatic nitrogens is 1. The van der Waals surface area contributed by atoms with Gasteiger partial charge in [-0.3, -0.25) is 9.69 Å². The smallest absolute Gasteiger partial charge is 0.273 e. The molecule has 5 nitrogen and oxygen atoms in total. The van der Waals surface area contributed by atoms with E-state index in [9.17, 15) is 9.18 Å². The number of oxazole rings is 1. The van der Waals surface area contributed by atoms with Gasteiger partial charge in [0.15, 0.2) is 12.1 Å². The van der Waals surface area contributed by atoms with Gasteiger partial charge >= 0.3 is 0 Å². The molecule has 0 radical (unpaired) electrons. The molecule has 6 heteroatoms. The van der Waals surface area contributed by atoms with Gasteiger partial charge in [-0.25, -0.2) is 9.37 Å². The predicted octanol–water partition coefficient (Wildman–Crippen LogP) is 2.77. The summed E-state index contributed by atoms with van der Waals surface area (Å²) in [5.41, 5.74) is 1.05. The highest BCUT2D eigenvalue weighted by atomic mass is 19.1. The number of nitrogens with zero attached hydrogens (tertiary/aromatic N) is 2. The second kappa shape index (κ2) is 7.57. The Morgan fingerprint density at radius 2 is 2.29 bits per heavy atom. The molecule has 2 aromatic rings. The van der Waals surface area contributed by atoms with Crippen LogP contribution in [0.15, 0.2) is 35.1 Å². The molecule has 24 heavy (non-hydrogen) atoms. The van der Waals surface area contributed by atoms with Gasteiger partial charge in [0.2, 0.25) is 0 Å². The van der Waals surface area contributed by atoms with Crippen LogP contribution in [0.5, 0.6) is 0 Å². The van der Waals surface area contributed by atoms with Gasteiger partial charge in [0, 0.05) is 31.1 Å². The first kappa shape index (κ1) is 16.6. The average molecular weight is 331 g/mol. The van der Waals surface area contributed by atoms with Crippen molar-refractivity contribution in [3.8, 4) is 0 Å². The van der Waals surface area contributed by atoms with Crippen LogP contribution < -0.4 is 5.32 Å². The van der Waals surface area contributed by atoms with Crippen molar-refractivity contribution in [3.05, 3.63) is 53.5 Å². The summed E-state index contributed by atoms with van der Waals surface area (Å²) in [6, 6.07) is 6.87. The van der Waals surface area contributed by atoms with Crippen LogP contribution in [-0.4, -0.2) is 34.9 Å². The molecule has 1 N–H and O–H groups in total. The van der Waals surface area contributed by atoms with E-state index in [0.29, 0.717) is 36.5 Å². The van der Waals surface area contributed by atoms with E-state index >= 15 is 0 Å². The predicted molar refractivity (Wildman–Crippen MR) is 88.0 cm³/mol. The van der Waals surface area contributed by atoms with Gasteiger partial charge in [-0.05, 0) is 25.5 Å². The fourth-order valence-electron chi connectivity index (χ4n) is 3.14. The van der Waals surface area contributed by atoms with E-state index < -0.39 is 0 Å². The molecular formula is C18H22FN3O2. The SMILES string of the molecule is CCc1ocnc1C(=O)N[C@@H]1CCCN(Cc2ccccc2F)C1. The molecular weight excluding hydrogens is 309 g/mol. The third-order valence-corrected chi connectivity index (χ3v) is 4.37. The summed E-state index contributed by atoms with van der Waals surface area (Å²) in [5.74, 6) is 0.226. The Morgan fingerprint density at radius 1 is 1.46 bits per heavy atom. The minimum Gasteiger partial charge on any atom is -0.448 e. The molecule has 1 amide bonds. The molecule has 128 valence electrons. The highest BCUT2D eigenvalue weighted by molar-refractivity contribution is 5.93. The van der Waals surface area contributed by atoms with Gasteiger partial charge in [0.1, 0.15) is 11.6 Å². The molecule has 3 rings (SSSR count). The largest absolute Gasteiger partial charge is 0.448 e. The van der Waals surface area contributed by atoms with Gasteiger partial charge < -0.3 is 9.73 Å². The minimum absolute atomic E-state index is 0.0411. The molecule has 0 aliphatic carbocycles. The fourth-order valence-corrected chi connectivity index (χ4v) is 3.14. The van der Waals surface area contributed by atoms with Crippen LogP contribution in [-0.2, 0) is 13.0 Å². The summed E-state index contributed by atoms with van der Waals surface area (Å²) in [4.78, 5) is 18.5. The molecule has 1 aliphatic heterocycles. The first-order valence-electron chi connectivity index (χ1n) is 8.36. The van der Waals surface area contributed by atoms with Crippen molar-refractivity contribution < 1.29 is 13.6 Å². The molecule has 1 saturated heterocycles. The third-order valence-electron chi connectivity index (χ3n) is 4.37. The molecule has 0 saturated carbocycles. The summed E-state index contributed by atoms with van der Waals surface area (Å²) in [6.45, 7) is 4.10. The van der Waals surface area contributed by atoms with E-state index in [1.165, 1.54) is 12.5 Å². The number of carbonyl (C=O) groups is 1. The van der Waals surface area contributed by atoms with E-state index in [1.54, 1.807) is 12.1 Å². The number of halogens is 1. The zero-order chi connectivity index (χ0) is 16.9. The first-order valence-corrected chi connectivity index (χ1v) is 8.36. The summed E-state index contributed by atoms with van der Waals surface area (Å²) < 4.78 is 19.0. The number of amides is 1. The fraction of sp³-hybridized carbons (Fsp3) is 0.444. The normalized spacial score (nSPS) is 18.5. The zero-order valence-electron chi connectivity index (χ0n) is 13.8. The number of hydrogen-bond donors (Lipinski definition) is 1. The topological polar surface area (TPSA) is 58.4 Å². The van der Waals surface area contributed by atoms with Crippen molar-refractivity contribution in [1.82, 2.24) is 15.2 Å². The van der Waals surface area contributed by atoms with Crippen LogP contribution in [0.1, 0.15) is 41.6 Å². The van der Waals surface area contributed by atoms with Crippen molar-refractivity contribution in [3.63, 3.8) is 0 Å². The van der Waals surface area contributed by atoms with E-state index in [-0.39, 0.29) is 17.8 Å². The monoisotopic (exact) mass is 331 g/mol. The number of rotatable bonds is 5. The Morgan fingerprint density at radius 3 is 3.08 bits per heavy atom. The van der Waals surface area contributed by atoms with Crippen molar-refractivity contribution in [2.45, 2.75) is 38.8 Å². The van der Waals surface area contributed by atoms with Gasteiger partial charge in [-0.1, -0.05) is 25.1 Å². The van der Waals surface area contributed by atoms with Gasteiger partial charge in [-0.15, -0.1) is 0 Å². The number of carbonyl (C=O) groups excluding carboxylic acids is 1. The zero-order valence-corrected chi connectivity index (χ0v) is 13.8. The summed E-state index contributed by atoms with van der Waals surface area (Å²) >= 11 is 0. The lowest BCUT2D eigenvalue weighted by atomic mass is 10.0. The second-order valence-corrected chi connectivity index (χ2v) is 6.12. The Hall–Kier alpha value is -2.21. The first-order chi connectivity index (χ1) is 11.7. The van der Waals surface area contributed by atoms with Crippen LogP contribution in [0.4, 0.5) is 4.39 Å². The third kappa shape index (κ3) is 3.82. The van der Waals surface area contributed by atoms with E-state index in [2.05, 4.69) is 15.2 Å². The van der Waals surface area contributed by atoms with Crippen molar-refractivity contribution >= 4 is 5.91 Å². The van der Waals surface area contributed by atoms with Gasteiger partial charge in [0.25, 0.3) is 5.91 Å². The molecule has 0 spiro atoms. The highest BCUT2D eigenvalue weighted by Crippen LogP contribution is 2.16. The second-order valence-electron chi connectivity index (χ2n) is 6.12. The van der Waals surface area contributed by atoms with Crippen LogP contribution >= 0.6 is 0 Å². The highest BCUT2D eigenvalue weighted by Gasteiger charge is 2.24. The van der Waals surface area contributed by atoms with E-state index in [0.717, 1.165) is 19.4 Å². The molecule has 0 unspecified atom stereocenters. The van der Waals surface area contributed by atoms with Crippen molar-refractivity contribution in [2.75, 3.05) is 13.1 Å². The summed E-state index contributed by atoms with van der Waals surface area (Å²) in [6.07, 6.45) is 3.82. The number of benzene rings is 1. The Labute approximate surface area is 140 Å². The Bertz CT molecular complexity index is 701. The molecule has 0 bridgehead atoms. The quantitative estimate of drug-likeness (QED) is 0.915. The summed E-state index contributed by atoms with van der Waals surface area (Å²) in [5, 5.41) is 3.03. The van der Waals surface area contributed by atoms with Gasteiger partial charge in [0.05, 0.1) is 0 Å². The standard InChI is InChI=1S/C18H22FN3O2/c1-2-16-17(20-12-24-16)18(23)21-14-7-5-9-22(11-14)10-13-6-3-4-8-15(13)19/h3-4,6,8,12,14H,2,5,7,9-11H2,1H3,(H,21,23)/t14-/m1/s1. The number of piperidine rings is 1. The Kier molecular flexibility index (Phi) is 5.25. The maximum absolute atomic E-state index is 13.8. The molecule has 1 aromatic heterocycles. The van der Waals surface area contributed by atoms with Crippen LogP contribution in [0.3, 0.4) is 0 Å². The molecule has 2 heterocycles. The van der Waals surface area contributed by atoms with E-state index in [4.69, 9.17) is 4.42 Å². The number of aryl methyl sites for hydroxylation is 1. The molecule has 1 aliphatic rings. The van der Waals surface area contributed by atoms with Gasteiger partial charge in [-0.2, -0.15) is 0 Å². The lowest BCUT2D eigenvalue weighted by Gasteiger charge is -2.33. The maximum atomic E-state index is 13.8. The molecule has 1 aromatic carbocycles. The summed E-state index contributed by atoms with van der Waals surface area (Å²) in [7, 11) is 0. The maximum Gasteiger partial charge on any atom is 0.273 e. The lowest BCUT2D eigenvalue weighted by Crippen LogP contribution is -2.47.